The van der Waals surface area contributed by atoms with Gasteiger partial charge in [-0.2, -0.15) is 0 Å². The molecule has 1 amide bonds. The Balaban J connectivity index is 1.89. The Labute approximate surface area is 155 Å². The first-order valence-electron chi connectivity index (χ1n) is 7.96. The first-order valence-corrected chi connectivity index (χ1v) is 8.71. The van der Waals surface area contributed by atoms with E-state index in [-0.39, 0.29) is 12.1 Å². The molecule has 2 atom stereocenters. The normalized spacial score (nSPS) is 21.6. The first kappa shape index (κ1) is 18.2. The Morgan fingerprint density at radius 3 is 2.72 bits per heavy atom. The summed E-state index contributed by atoms with van der Waals surface area (Å²) < 4.78 is 13.1. The molecule has 0 aliphatic carbocycles. The fraction of sp³-hybridized carbons (Fsp3) is 0.562. The molecule has 2 unspecified atom stereocenters. The molecule has 9 heteroatoms. The second-order valence-corrected chi connectivity index (χ2v) is 7.76. The number of hydrogen-bond acceptors (Lipinski definition) is 5. The summed E-state index contributed by atoms with van der Waals surface area (Å²) >= 11 is 12.4. The first-order chi connectivity index (χ1) is 11.7. The Morgan fingerprint density at radius 2 is 2.04 bits per heavy atom. The molecule has 1 fully saturated rings. The highest BCUT2D eigenvalue weighted by molar-refractivity contribution is 6.33. The second kappa shape index (κ2) is 6.63. The van der Waals surface area contributed by atoms with E-state index < -0.39 is 11.7 Å². The van der Waals surface area contributed by atoms with Gasteiger partial charge in [0, 0.05) is 0 Å². The van der Waals surface area contributed by atoms with Crippen LogP contribution in [0.1, 0.15) is 39.6 Å². The van der Waals surface area contributed by atoms with Gasteiger partial charge in [0.2, 0.25) is 0 Å². The third kappa shape index (κ3) is 3.68. The summed E-state index contributed by atoms with van der Waals surface area (Å²) in [7, 11) is 0. The number of morpholine rings is 1. The quantitative estimate of drug-likeness (QED) is 0.746. The van der Waals surface area contributed by atoms with Gasteiger partial charge in [0.1, 0.15) is 28.2 Å². The molecule has 25 heavy (non-hydrogen) atoms. The highest BCUT2D eigenvalue weighted by Crippen LogP contribution is 2.29. The molecule has 0 N–H and O–H groups in total. The van der Waals surface area contributed by atoms with Gasteiger partial charge in [-0.25, -0.2) is 14.8 Å². The molecule has 1 saturated heterocycles. The van der Waals surface area contributed by atoms with Crippen LogP contribution in [-0.4, -0.2) is 50.2 Å². The largest absolute Gasteiger partial charge is 0.444 e. The van der Waals surface area contributed by atoms with Crippen LogP contribution in [0.2, 0.25) is 10.3 Å². The Hall–Kier alpha value is -1.57. The number of hydrogen-bond donors (Lipinski definition) is 0. The molecule has 0 aromatic carbocycles. The maximum atomic E-state index is 12.5. The molecule has 1 aliphatic heterocycles. The lowest BCUT2D eigenvalue weighted by molar-refractivity contribution is -0.0698. The van der Waals surface area contributed by atoms with Gasteiger partial charge in [0.15, 0.2) is 5.15 Å². The summed E-state index contributed by atoms with van der Waals surface area (Å²) in [5.74, 6) is 0.574. The SMILES string of the molecule is CC1COC(c2ncc3c(Cl)ncc(Cl)n23)CN1C(=O)OC(C)(C)C. The maximum absolute atomic E-state index is 12.5. The van der Waals surface area contributed by atoms with Crippen LogP contribution >= 0.6 is 23.2 Å². The Kier molecular flexibility index (Phi) is 4.83. The smallest absolute Gasteiger partial charge is 0.410 e. The number of amides is 1. The van der Waals surface area contributed by atoms with E-state index in [4.69, 9.17) is 32.7 Å². The van der Waals surface area contributed by atoms with Crippen molar-refractivity contribution in [2.45, 2.75) is 45.4 Å². The number of aromatic nitrogens is 3. The number of rotatable bonds is 1. The maximum Gasteiger partial charge on any atom is 0.410 e. The van der Waals surface area contributed by atoms with Crippen molar-refractivity contribution in [3.63, 3.8) is 0 Å². The molecule has 136 valence electrons. The number of nitrogens with zero attached hydrogens (tertiary/aromatic N) is 4. The van der Waals surface area contributed by atoms with Gasteiger partial charge in [-0.15, -0.1) is 0 Å². The predicted octanol–water partition coefficient (Wildman–Crippen LogP) is 3.73. The number of carbonyl (C=O) groups excluding carboxylic acids is 1. The average molecular weight is 387 g/mol. The molecule has 1 aliphatic rings. The van der Waals surface area contributed by atoms with Crippen LogP contribution in [0.3, 0.4) is 0 Å². The predicted molar refractivity (Wildman–Crippen MR) is 94.1 cm³/mol. The van der Waals surface area contributed by atoms with Crippen LogP contribution in [0.4, 0.5) is 4.79 Å². The summed E-state index contributed by atoms with van der Waals surface area (Å²) in [6.45, 7) is 8.11. The van der Waals surface area contributed by atoms with Crippen molar-refractivity contribution >= 4 is 34.8 Å². The van der Waals surface area contributed by atoms with E-state index in [2.05, 4.69) is 9.97 Å². The lowest BCUT2D eigenvalue weighted by atomic mass is 10.2. The van der Waals surface area contributed by atoms with Gasteiger partial charge in [-0.05, 0) is 27.7 Å². The third-order valence-electron chi connectivity index (χ3n) is 3.85. The average Bonchev–Trinajstić information content (AvgIpc) is 2.96. The van der Waals surface area contributed by atoms with Crippen molar-refractivity contribution < 1.29 is 14.3 Å². The van der Waals surface area contributed by atoms with Crippen molar-refractivity contribution in [1.29, 1.82) is 0 Å². The minimum Gasteiger partial charge on any atom is -0.444 e. The highest BCUT2D eigenvalue weighted by Gasteiger charge is 2.35. The van der Waals surface area contributed by atoms with Gasteiger partial charge >= 0.3 is 6.09 Å². The van der Waals surface area contributed by atoms with Gasteiger partial charge in [-0.1, -0.05) is 23.2 Å². The minimum atomic E-state index is -0.562. The molecule has 0 saturated carbocycles. The summed E-state index contributed by atoms with van der Waals surface area (Å²) in [5, 5.41) is 0.675. The topological polar surface area (TPSA) is 69.0 Å². The molecule has 2 aromatic rings. The van der Waals surface area contributed by atoms with Crippen LogP contribution in [-0.2, 0) is 9.47 Å². The van der Waals surface area contributed by atoms with Gasteiger partial charge in [0.25, 0.3) is 0 Å². The van der Waals surface area contributed by atoms with Crippen LogP contribution < -0.4 is 0 Å². The van der Waals surface area contributed by atoms with Crippen LogP contribution in [0.5, 0.6) is 0 Å². The monoisotopic (exact) mass is 386 g/mol. The number of ether oxygens (including phenoxy) is 2. The lowest BCUT2D eigenvalue weighted by Crippen LogP contribution is -2.50. The van der Waals surface area contributed by atoms with Crippen molar-refractivity contribution in [1.82, 2.24) is 19.3 Å². The lowest BCUT2D eigenvalue weighted by Gasteiger charge is -2.38. The van der Waals surface area contributed by atoms with Gasteiger partial charge in [0.05, 0.1) is 31.6 Å². The Morgan fingerprint density at radius 1 is 1.32 bits per heavy atom. The van der Waals surface area contributed by atoms with Crippen molar-refractivity contribution in [3.05, 3.63) is 28.5 Å². The molecule has 3 rings (SSSR count). The number of imidazole rings is 1. The molecular weight excluding hydrogens is 367 g/mol. The zero-order valence-corrected chi connectivity index (χ0v) is 16.0. The molecule has 0 bridgehead atoms. The Bertz CT molecular complexity index is 803. The number of carbonyl (C=O) groups is 1. The van der Waals surface area contributed by atoms with E-state index >= 15 is 0 Å². The molecule has 2 aromatic heterocycles. The molecule has 0 radical (unpaired) electrons. The van der Waals surface area contributed by atoms with E-state index in [1.807, 2.05) is 27.7 Å². The number of fused-ring (bicyclic) bond motifs is 1. The van der Waals surface area contributed by atoms with Crippen molar-refractivity contribution in [3.8, 4) is 0 Å². The van der Waals surface area contributed by atoms with E-state index in [0.717, 1.165) is 0 Å². The third-order valence-corrected chi connectivity index (χ3v) is 4.41. The van der Waals surface area contributed by atoms with Crippen LogP contribution in [0.25, 0.3) is 5.52 Å². The van der Waals surface area contributed by atoms with E-state index in [9.17, 15) is 4.79 Å². The zero-order valence-electron chi connectivity index (χ0n) is 14.5. The molecule has 7 nitrogen and oxygen atoms in total. The van der Waals surface area contributed by atoms with E-state index in [1.54, 1.807) is 15.5 Å². The van der Waals surface area contributed by atoms with E-state index in [0.29, 0.717) is 34.8 Å². The standard InChI is InChI=1S/C16H20Cl2N4O3/c1-9-8-24-11(7-21(9)15(23)25-16(2,3)4)14-20-5-10-13(18)19-6-12(17)22(10)14/h5-6,9,11H,7-8H2,1-4H3. The van der Waals surface area contributed by atoms with Gasteiger partial charge in [-0.3, -0.25) is 4.40 Å². The summed E-state index contributed by atoms with van der Waals surface area (Å²) in [5.41, 5.74) is 0.0304. The van der Waals surface area contributed by atoms with Gasteiger partial charge < -0.3 is 14.4 Å². The summed E-state index contributed by atoms with van der Waals surface area (Å²) in [6.07, 6.45) is 2.23. The van der Waals surface area contributed by atoms with Crippen molar-refractivity contribution in [2.75, 3.05) is 13.2 Å². The number of halogens is 2. The van der Waals surface area contributed by atoms with Crippen LogP contribution in [0, 0.1) is 0 Å². The van der Waals surface area contributed by atoms with E-state index in [1.165, 1.54) is 6.20 Å². The fourth-order valence-corrected chi connectivity index (χ4v) is 3.09. The molecular formula is C16H20Cl2N4O3. The zero-order chi connectivity index (χ0) is 18.4. The highest BCUT2D eigenvalue weighted by atomic mass is 35.5. The summed E-state index contributed by atoms with van der Waals surface area (Å²) in [6, 6.07) is -0.0990. The minimum absolute atomic E-state index is 0.0990. The summed E-state index contributed by atoms with van der Waals surface area (Å²) in [4.78, 5) is 22.5. The molecule has 3 heterocycles. The molecule has 0 spiro atoms. The van der Waals surface area contributed by atoms with Crippen LogP contribution in [0.15, 0.2) is 12.4 Å². The van der Waals surface area contributed by atoms with Crippen molar-refractivity contribution in [2.24, 2.45) is 0 Å². The second-order valence-electron chi connectivity index (χ2n) is 7.01. The fourth-order valence-electron chi connectivity index (χ4n) is 2.69.